The Labute approximate surface area is 307 Å². The van der Waals surface area contributed by atoms with E-state index in [1.807, 2.05) is 55.4 Å². The molecule has 4 N–H and O–H groups in total. The third-order valence-corrected chi connectivity index (χ3v) is 11.6. The Morgan fingerprint density at radius 2 is 1.20 bits per heavy atom. The highest BCUT2D eigenvalue weighted by atomic mass is 32.1. The maximum Gasteiger partial charge on any atom is 0.271 e. The standard InChI is InChI=1S/C35H50N8O6S2/c1-10-17(7)25-32-36-20(12-48-32)28(44)39-23(15(3)4)34-37-22(14-50-34)30(46)42-26(18(8)11-2)33-43-27(19(9)49-33)31(47)40-24(16(5)6)35-38-21(13-51-35)29(45)41-25/h13-20,23-27H,10-12H2,1-9H3,(H,39,44)(H,40,47)(H,41,45)(H,42,46)/t17-,18+,19+,20-,23+,24+,25-,26-,27-/m0/s1. The number of aliphatic imine (C=N–C) groups is 2. The Bertz CT molecular complexity index is 1670. The Morgan fingerprint density at radius 3 is 1.69 bits per heavy atom. The zero-order chi connectivity index (χ0) is 37.1. The van der Waals surface area contributed by atoms with Crippen LogP contribution in [-0.2, 0) is 19.1 Å². The molecule has 14 nitrogen and oxygen atoms in total. The number of aromatic nitrogens is 2. The molecule has 0 radical (unpaired) electrons. The minimum Gasteiger partial charge on any atom is -0.477 e. The fraction of sp³-hybridized carbons (Fsp3) is 0.657. The van der Waals surface area contributed by atoms with Gasteiger partial charge in [0.1, 0.15) is 46.2 Å². The molecule has 0 aliphatic carbocycles. The van der Waals surface area contributed by atoms with Crippen LogP contribution in [0.1, 0.15) is 118 Å². The van der Waals surface area contributed by atoms with E-state index in [2.05, 4.69) is 36.2 Å². The number of carbonyl (C=O) groups is 4. The van der Waals surface area contributed by atoms with Crippen molar-refractivity contribution < 1.29 is 28.7 Å². The summed E-state index contributed by atoms with van der Waals surface area (Å²) < 4.78 is 12.1. The lowest BCUT2D eigenvalue weighted by Crippen LogP contribution is -2.45. The summed E-state index contributed by atoms with van der Waals surface area (Å²) in [5, 5.41) is 16.7. The lowest BCUT2D eigenvalue weighted by atomic mass is 9.98. The molecule has 5 heterocycles. The average Bonchev–Trinajstić information content (AvgIpc) is 3.92. The summed E-state index contributed by atoms with van der Waals surface area (Å²) in [5.41, 5.74) is 0.413. The fourth-order valence-electron chi connectivity index (χ4n) is 6.03. The van der Waals surface area contributed by atoms with E-state index >= 15 is 0 Å². The van der Waals surface area contributed by atoms with E-state index < -0.39 is 54.2 Å². The molecule has 0 fully saturated rings. The van der Waals surface area contributed by atoms with E-state index in [1.54, 1.807) is 17.7 Å². The summed E-state index contributed by atoms with van der Waals surface area (Å²) in [6.45, 7) is 17.6. The van der Waals surface area contributed by atoms with Gasteiger partial charge in [-0.15, -0.1) is 22.7 Å². The smallest absolute Gasteiger partial charge is 0.271 e. The monoisotopic (exact) mass is 742 g/mol. The summed E-state index contributed by atoms with van der Waals surface area (Å²) >= 11 is 2.57. The molecule has 0 saturated carbocycles. The lowest BCUT2D eigenvalue weighted by Gasteiger charge is -2.24. The van der Waals surface area contributed by atoms with Crippen molar-refractivity contribution in [1.29, 1.82) is 0 Å². The number of carbonyl (C=O) groups excluding carboxylic acids is 4. The van der Waals surface area contributed by atoms with Gasteiger partial charge in [0, 0.05) is 10.8 Å². The molecule has 2 aromatic rings. The highest BCUT2D eigenvalue weighted by Crippen LogP contribution is 2.29. The minimum atomic E-state index is -0.855. The second-order valence-electron chi connectivity index (χ2n) is 14.3. The molecule has 3 aliphatic heterocycles. The van der Waals surface area contributed by atoms with Crippen LogP contribution in [0, 0.1) is 23.7 Å². The second-order valence-corrected chi connectivity index (χ2v) is 16.1. The number of amides is 4. The molecule has 9 atom stereocenters. The number of fused-ring (bicyclic) bond motifs is 6. The molecule has 3 aliphatic rings. The summed E-state index contributed by atoms with van der Waals surface area (Å²) in [4.78, 5) is 73.2. The van der Waals surface area contributed by atoms with Crippen molar-refractivity contribution in [2.45, 2.75) is 118 Å². The Hall–Kier alpha value is -3.92. The van der Waals surface area contributed by atoms with Crippen LogP contribution >= 0.6 is 22.7 Å². The van der Waals surface area contributed by atoms with Crippen molar-refractivity contribution in [3.8, 4) is 0 Å². The van der Waals surface area contributed by atoms with Gasteiger partial charge in [-0.25, -0.2) is 20.0 Å². The highest BCUT2D eigenvalue weighted by Gasteiger charge is 2.40. The van der Waals surface area contributed by atoms with E-state index in [0.717, 1.165) is 6.42 Å². The van der Waals surface area contributed by atoms with Gasteiger partial charge in [-0.2, -0.15) is 0 Å². The minimum absolute atomic E-state index is 0.0273. The molecular formula is C35H50N8O6S2. The van der Waals surface area contributed by atoms with Crippen molar-refractivity contribution in [3.05, 3.63) is 32.2 Å². The second kappa shape index (κ2) is 16.2. The number of hydrogen-bond donors (Lipinski definition) is 4. The number of rotatable bonds is 6. The maximum atomic E-state index is 13.8. The number of nitrogens with zero attached hydrogens (tertiary/aromatic N) is 4. The van der Waals surface area contributed by atoms with Crippen LogP contribution in [0.15, 0.2) is 20.7 Å². The van der Waals surface area contributed by atoms with Crippen LogP contribution in [-0.4, -0.2) is 82.3 Å². The van der Waals surface area contributed by atoms with Gasteiger partial charge >= 0.3 is 0 Å². The van der Waals surface area contributed by atoms with Gasteiger partial charge in [-0.3, -0.25) is 19.2 Å². The van der Waals surface area contributed by atoms with E-state index in [4.69, 9.17) is 14.5 Å². The van der Waals surface area contributed by atoms with Crippen LogP contribution in [0.3, 0.4) is 0 Å². The topological polar surface area (TPSA) is 185 Å². The van der Waals surface area contributed by atoms with E-state index in [9.17, 15) is 19.2 Å². The highest BCUT2D eigenvalue weighted by molar-refractivity contribution is 7.10. The number of thiazole rings is 2. The predicted octanol–water partition coefficient (Wildman–Crippen LogP) is 4.21. The zero-order valence-electron chi connectivity index (χ0n) is 30.7. The van der Waals surface area contributed by atoms with Gasteiger partial charge in [-0.05, 0) is 30.6 Å². The zero-order valence-corrected chi connectivity index (χ0v) is 32.3. The SMILES string of the molecule is CC[C@@H](C)[C@@H]1NC(=O)c2csc(n2)[C@@H](C(C)C)NC(=O)[C@@H]2COC(=N2)[C@H]([C@@H](C)CC)NC(=O)c2csc(n2)[C@@H](C(C)C)NC(=O)[C@H]2N=C1O[C@@H]2C. The normalized spacial score (nSPS) is 28.7. The first-order valence-corrected chi connectivity index (χ1v) is 19.6. The molecular weight excluding hydrogens is 693 g/mol. The number of hydrogen-bond acceptors (Lipinski definition) is 12. The van der Waals surface area contributed by atoms with Gasteiger partial charge in [0.05, 0.1) is 12.1 Å². The molecule has 0 spiro atoms. The number of nitrogens with one attached hydrogen (secondary N) is 4. The van der Waals surface area contributed by atoms with E-state index in [1.165, 1.54) is 22.7 Å². The Kier molecular flexibility index (Phi) is 12.2. The Balaban J connectivity index is 1.53. The van der Waals surface area contributed by atoms with Crippen LogP contribution in [0.25, 0.3) is 0 Å². The number of ether oxygens (including phenoxy) is 2. The third kappa shape index (κ3) is 8.43. The molecule has 0 aromatic carbocycles. The van der Waals surface area contributed by atoms with Gasteiger partial charge in [0.2, 0.25) is 23.6 Å². The molecule has 0 saturated heterocycles. The summed E-state index contributed by atoms with van der Waals surface area (Å²) in [6.07, 6.45) is 0.849. The van der Waals surface area contributed by atoms with E-state index in [0.29, 0.717) is 16.4 Å². The third-order valence-electron chi connectivity index (χ3n) is 9.76. The Morgan fingerprint density at radius 1 is 0.706 bits per heavy atom. The molecule has 4 amide bonds. The lowest BCUT2D eigenvalue weighted by molar-refractivity contribution is -0.125. The first kappa shape index (κ1) is 38.3. The molecule has 8 bridgehead atoms. The van der Waals surface area contributed by atoms with E-state index in [-0.39, 0.29) is 65.3 Å². The van der Waals surface area contributed by atoms with Gasteiger partial charge in [-0.1, -0.05) is 68.2 Å². The van der Waals surface area contributed by atoms with Crippen molar-refractivity contribution >= 4 is 58.1 Å². The van der Waals surface area contributed by atoms with Crippen molar-refractivity contribution in [3.63, 3.8) is 0 Å². The maximum absolute atomic E-state index is 13.8. The largest absolute Gasteiger partial charge is 0.477 e. The molecule has 16 heteroatoms. The van der Waals surface area contributed by atoms with Gasteiger partial charge < -0.3 is 30.7 Å². The summed E-state index contributed by atoms with van der Waals surface area (Å²) in [5.74, 6) is -1.15. The van der Waals surface area contributed by atoms with Crippen molar-refractivity contribution in [2.75, 3.05) is 6.61 Å². The molecule has 2 aromatic heterocycles. The quantitative estimate of drug-likeness (QED) is 0.339. The van der Waals surface area contributed by atoms with Crippen LogP contribution in [0.4, 0.5) is 0 Å². The fourth-order valence-corrected chi connectivity index (χ4v) is 8.07. The van der Waals surface area contributed by atoms with Crippen molar-refractivity contribution in [2.24, 2.45) is 33.7 Å². The van der Waals surface area contributed by atoms with Gasteiger partial charge in [0.15, 0.2) is 12.1 Å². The molecule has 5 rings (SSSR count). The first-order valence-electron chi connectivity index (χ1n) is 17.8. The van der Waals surface area contributed by atoms with Crippen LogP contribution in [0.2, 0.25) is 0 Å². The van der Waals surface area contributed by atoms with Crippen LogP contribution < -0.4 is 21.3 Å². The average molecular weight is 743 g/mol. The van der Waals surface area contributed by atoms with Crippen LogP contribution in [0.5, 0.6) is 0 Å². The first-order chi connectivity index (χ1) is 24.2. The molecule has 0 unspecified atom stereocenters. The van der Waals surface area contributed by atoms with Crippen molar-refractivity contribution in [1.82, 2.24) is 31.2 Å². The van der Waals surface area contributed by atoms with Gasteiger partial charge in [0.25, 0.3) is 11.8 Å². The predicted molar refractivity (Wildman–Crippen MR) is 196 cm³/mol. The summed E-state index contributed by atoms with van der Waals surface area (Å²) in [6, 6.07) is -3.85. The summed E-state index contributed by atoms with van der Waals surface area (Å²) in [7, 11) is 0. The molecule has 51 heavy (non-hydrogen) atoms. The molecule has 278 valence electrons.